The van der Waals surface area contributed by atoms with Crippen LogP contribution in [0.15, 0.2) is 73.1 Å². The number of aromatic amines is 1. The van der Waals surface area contributed by atoms with Gasteiger partial charge >= 0.3 is 11.9 Å². The van der Waals surface area contributed by atoms with Crippen molar-refractivity contribution in [2.24, 2.45) is 5.73 Å². The van der Waals surface area contributed by atoms with Crippen molar-refractivity contribution >= 4 is 23.6 Å². The van der Waals surface area contributed by atoms with Gasteiger partial charge in [-0.3, -0.25) is 9.69 Å². The van der Waals surface area contributed by atoms with E-state index in [2.05, 4.69) is 15.3 Å². The highest BCUT2D eigenvalue weighted by atomic mass is 16.8. The number of nitrogens with one attached hydrogen (secondary N) is 2. The molecule has 3 aromatic carbocycles. The Morgan fingerprint density at radius 2 is 1.81 bits per heavy atom. The molecule has 1 saturated carbocycles. The molecule has 4 aromatic rings. The summed E-state index contributed by atoms with van der Waals surface area (Å²) in [5.74, 6) is -7.27. The molecule has 0 bridgehead atoms. The van der Waals surface area contributed by atoms with Crippen molar-refractivity contribution in [2.75, 3.05) is 25.1 Å². The van der Waals surface area contributed by atoms with E-state index in [9.17, 15) is 50.4 Å². The van der Waals surface area contributed by atoms with E-state index >= 15 is 0 Å². The minimum absolute atomic E-state index is 0.00400. The Hall–Kier alpha value is -5.37. The van der Waals surface area contributed by atoms with Crippen LogP contribution >= 0.6 is 0 Å². The standard InChI is InChI=1S/C45H53N5O12/c1-47-20-24-11-12-26(38-37(24)48-22-49-38)28-16-23(9-13-31(28)52)10-14-36(54)50-30-18-33(61-45(60)42(57)41(56)40(55)34(21-51)62-45)32(53)17-27(30)29(39(50)43(58)59)19-44(15-5-8-35(44)46)25-6-3-2-4-7-25/h2-4,6-7,9-10,13-14,16-18,22,24,26,29,34-35,39-42,47,51-53,55-57,60H,5,8,11-12,15,19-21,46H2,1H3,(H,48,49)(H,58,59). The van der Waals surface area contributed by atoms with Crippen LogP contribution in [0.1, 0.15) is 89.9 Å². The van der Waals surface area contributed by atoms with E-state index in [4.69, 9.17) is 15.2 Å². The molecule has 2 fully saturated rings. The van der Waals surface area contributed by atoms with Gasteiger partial charge in [0.1, 0.15) is 30.1 Å². The summed E-state index contributed by atoms with van der Waals surface area (Å²) in [4.78, 5) is 37.0. The second kappa shape index (κ2) is 17.1. The Kier molecular flexibility index (Phi) is 11.9. The largest absolute Gasteiger partial charge is 0.508 e. The number of phenols is 2. The second-order valence-corrected chi connectivity index (χ2v) is 16.9. The van der Waals surface area contributed by atoms with E-state index in [1.54, 1.807) is 24.5 Å². The Balaban J connectivity index is 1.18. The zero-order valence-electron chi connectivity index (χ0n) is 34.0. The summed E-state index contributed by atoms with van der Waals surface area (Å²) < 4.78 is 10.9. The number of carbonyl (C=O) groups excluding carboxylic acids is 1. The number of benzene rings is 3. The Morgan fingerprint density at radius 1 is 1.03 bits per heavy atom. The van der Waals surface area contributed by atoms with Gasteiger partial charge in [0.2, 0.25) is 0 Å². The van der Waals surface area contributed by atoms with Crippen LogP contribution in [-0.2, 0) is 19.7 Å². The van der Waals surface area contributed by atoms with Crippen molar-refractivity contribution in [1.82, 2.24) is 15.3 Å². The normalized spacial score (nSPS) is 31.9. The highest BCUT2D eigenvalue weighted by Crippen LogP contribution is 2.55. The molecule has 2 aliphatic carbocycles. The number of aromatic hydroxyl groups is 2. The highest BCUT2D eigenvalue weighted by Gasteiger charge is 2.56. The number of aliphatic hydroxyl groups excluding tert-OH is 4. The lowest BCUT2D eigenvalue weighted by Crippen LogP contribution is -2.67. The summed E-state index contributed by atoms with van der Waals surface area (Å²) in [5, 5.41) is 89.3. The third kappa shape index (κ3) is 7.51. The van der Waals surface area contributed by atoms with Crippen LogP contribution in [-0.4, -0.2) is 125 Å². The Bertz CT molecular complexity index is 2320. The van der Waals surface area contributed by atoms with Crippen LogP contribution in [0.4, 0.5) is 5.69 Å². The van der Waals surface area contributed by atoms with Crippen LogP contribution < -0.4 is 20.7 Å². The van der Waals surface area contributed by atoms with Crippen molar-refractivity contribution in [1.29, 1.82) is 0 Å². The molecule has 0 radical (unpaired) electrons. The first-order chi connectivity index (χ1) is 29.7. The Morgan fingerprint density at radius 3 is 2.50 bits per heavy atom. The summed E-state index contributed by atoms with van der Waals surface area (Å²) in [6.07, 6.45) is 0.446. The lowest BCUT2D eigenvalue weighted by molar-refractivity contribution is -0.422. The van der Waals surface area contributed by atoms with Gasteiger partial charge in [-0.05, 0) is 80.1 Å². The summed E-state index contributed by atoms with van der Waals surface area (Å²) in [5.41, 5.74) is 10.4. The van der Waals surface area contributed by atoms with Gasteiger partial charge in [0.15, 0.2) is 17.6 Å². The number of carboxylic acid groups (broad SMARTS) is 1. The van der Waals surface area contributed by atoms with Crippen molar-refractivity contribution in [2.45, 2.75) is 104 Å². The van der Waals surface area contributed by atoms with Crippen molar-refractivity contribution < 1.29 is 59.9 Å². The molecule has 1 amide bonds. The van der Waals surface area contributed by atoms with E-state index in [-0.39, 0.29) is 41.3 Å². The number of rotatable bonds is 12. The van der Waals surface area contributed by atoms with Gasteiger partial charge in [0.25, 0.3) is 5.91 Å². The maximum absolute atomic E-state index is 14.6. The van der Waals surface area contributed by atoms with E-state index in [0.717, 1.165) is 53.7 Å². The van der Waals surface area contributed by atoms with Gasteiger partial charge in [-0.15, -0.1) is 0 Å². The second-order valence-electron chi connectivity index (χ2n) is 16.9. The number of fused-ring (bicyclic) bond motifs is 2. The third-order valence-electron chi connectivity index (χ3n) is 13.4. The predicted octanol–water partition coefficient (Wildman–Crippen LogP) is 1.98. The summed E-state index contributed by atoms with van der Waals surface area (Å²) in [7, 11) is 1.89. The lowest BCUT2D eigenvalue weighted by atomic mass is 9.68. The van der Waals surface area contributed by atoms with E-state index in [1.807, 2.05) is 37.4 Å². The number of aromatic nitrogens is 2. The van der Waals surface area contributed by atoms with Gasteiger partial charge in [-0.25, -0.2) is 9.78 Å². The molecule has 1 saturated heterocycles. The number of carboxylic acids is 1. The third-order valence-corrected chi connectivity index (χ3v) is 13.4. The number of nitrogens with two attached hydrogens (primary N) is 1. The molecule has 3 heterocycles. The Labute approximate surface area is 357 Å². The number of hydrogen-bond donors (Lipinski definition) is 11. The minimum Gasteiger partial charge on any atom is -0.508 e. The van der Waals surface area contributed by atoms with Crippen molar-refractivity contribution in [3.8, 4) is 17.2 Å². The van der Waals surface area contributed by atoms with Crippen molar-refractivity contribution in [3.63, 3.8) is 0 Å². The van der Waals surface area contributed by atoms with Gasteiger partial charge in [0, 0.05) is 59.2 Å². The zero-order chi connectivity index (χ0) is 44.1. The number of amides is 1. The molecule has 11 unspecified atom stereocenters. The van der Waals surface area contributed by atoms with Gasteiger partial charge in [-0.1, -0.05) is 42.8 Å². The topological polar surface area (TPSA) is 284 Å². The fourth-order valence-corrected chi connectivity index (χ4v) is 10.3. The van der Waals surface area contributed by atoms with Crippen molar-refractivity contribution in [3.05, 3.63) is 107 Å². The average molecular weight is 856 g/mol. The number of nitrogens with zero attached hydrogens (tertiary/aromatic N) is 2. The summed E-state index contributed by atoms with van der Waals surface area (Å²) >= 11 is 0. The number of phenolic OH excluding ortho intramolecular Hbond substituents is 2. The molecule has 2 aliphatic heterocycles. The summed E-state index contributed by atoms with van der Waals surface area (Å²) in [6.45, 7) is -0.139. The molecule has 8 rings (SSSR count). The number of likely N-dealkylation sites (N-methyl/N-ethyl adjacent to an activating group) is 1. The average Bonchev–Trinajstić information content (AvgIpc) is 3.99. The smallest absolute Gasteiger partial charge is 0.355 e. The molecule has 12 N–H and O–H groups in total. The van der Waals surface area contributed by atoms with E-state index in [1.165, 1.54) is 18.2 Å². The number of ether oxygens (including phenoxy) is 2. The lowest BCUT2D eigenvalue weighted by Gasteiger charge is -2.44. The molecule has 0 spiro atoms. The molecule has 4 aliphatic rings. The number of imidazole rings is 1. The fourth-order valence-electron chi connectivity index (χ4n) is 10.3. The molecule has 330 valence electrons. The van der Waals surface area contributed by atoms with Gasteiger partial charge < -0.3 is 66.4 Å². The van der Waals surface area contributed by atoms with Crippen LogP contribution in [0.5, 0.6) is 17.2 Å². The first-order valence-corrected chi connectivity index (χ1v) is 20.9. The molecule has 11 atom stereocenters. The number of anilines is 1. The molecule has 62 heavy (non-hydrogen) atoms. The first-order valence-electron chi connectivity index (χ1n) is 20.9. The monoisotopic (exact) mass is 855 g/mol. The number of hydrogen-bond acceptors (Lipinski definition) is 14. The first kappa shape index (κ1) is 43.3. The number of carbonyl (C=O) groups is 2. The van der Waals surface area contributed by atoms with Crippen LogP contribution in [0, 0.1) is 0 Å². The molecule has 1 aromatic heterocycles. The molecular weight excluding hydrogens is 803 g/mol. The SMILES string of the molecule is CNCC1CCC(c2cc(C=CC(=O)N3c4cc(OC5(O)OC(CO)C(O)C(O)C5O)c(O)cc4C(CC4(c5ccccc5)CCCC4N)C3C(=O)O)ccc2O)c2[nH]cnc21. The fraction of sp³-hybridized carbons (Fsp3) is 0.444. The van der Waals surface area contributed by atoms with Gasteiger partial charge in [0.05, 0.1) is 24.3 Å². The van der Waals surface area contributed by atoms with Crippen LogP contribution in [0.25, 0.3) is 6.08 Å². The maximum atomic E-state index is 14.6. The predicted molar refractivity (Wildman–Crippen MR) is 223 cm³/mol. The van der Waals surface area contributed by atoms with Crippen LogP contribution in [0.2, 0.25) is 0 Å². The maximum Gasteiger partial charge on any atom is 0.355 e. The number of aliphatic carboxylic acids is 1. The molecule has 17 heteroatoms. The quantitative estimate of drug-likeness (QED) is 0.0718. The highest BCUT2D eigenvalue weighted by molar-refractivity contribution is 6.10. The molecular formula is C45H53N5O12. The zero-order valence-corrected chi connectivity index (χ0v) is 34.0. The number of H-pyrrole nitrogens is 1. The summed E-state index contributed by atoms with van der Waals surface area (Å²) in [6, 6.07) is 15.0. The number of aliphatic hydroxyl groups is 5. The van der Waals surface area contributed by atoms with E-state index in [0.29, 0.717) is 24.0 Å². The van der Waals surface area contributed by atoms with Crippen LogP contribution in [0.3, 0.4) is 0 Å². The van der Waals surface area contributed by atoms with E-state index < -0.39 is 77.7 Å². The molecule has 17 nitrogen and oxygen atoms in total. The van der Waals surface area contributed by atoms with Gasteiger partial charge in [-0.2, -0.15) is 0 Å². The minimum atomic E-state index is -3.12.